The first kappa shape index (κ1) is 20.1. The molecule has 3 rings (SSSR count). The molecule has 0 bridgehead atoms. The molecule has 3 aromatic carbocycles. The molecule has 0 radical (unpaired) electrons. The fraction of sp³-hybridized carbons (Fsp3) is 0.0909. The van der Waals surface area contributed by atoms with Crippen LogP contribution in [0.1, 0.15) is 26.3 Å². The Morgan fingerprint density at radius 3 is 1.96 bits per heavy atom. The van der Waals surface area contributed by atoms with Crippen LogP contribution >= 0.6 is 27.5 Å². The van der Waals surface area contributed by atoms with Crippen LogP contribution in [0.25, 0.3) is 0 Å². The van der Waals surface area contributed by atoms with Crippen molar-refractivity contribution in [3.8, 4) is 0 Å². The molecule has 142 valence electrons. The summed E-state index contributed by atoms with van der Waals surface area (Å²) in [4.78, 5) is 26.6. The Labute approximate surface area is 176 Å². The van der Waals surface area contributed by atoms with E-state index in [9.17, 15) is 9.59 Å². The van der Waals surface area contributed by atoms with E-state index in [1.54, 1.807) is 24.3 Å². The highest BCUT2D eigenvalue weighted by Gasteiger charge is 2.15. The molecule has 0 aromatic heterocycles. The topological polar surface area (TPSA) is 46.6 Å². The lowest BCUT2D eigenvalue weighted by Gasteiger charge is -2.19. The van der Waals surface area contributed by atoms with E-state index in [2.05, 4.69) is 15.9 Å². The van der Waals surface area contributed by atoms with Crippen molar-refractivity contribution in [2.45, 2.75) is 0 Å². The fourth-order valence-corrected chi connectivity index (χ4v) is 3.39. The number of hydrogen-bond acceptors (Lipinski definition) is 4. The minimum Gasteiger partial charge on any atom is -0.465 e. The zero-order valence-corrected chi connectivity index (χ0v) is 17.6. The number of rotatable bonds is 5. The van der Waals surface area contributed by atoms with Gasteiger partial charge in [-0.05, 0) is 66.7 Å². The maximum Gasteiger partial charge on any atom is 0.337 e. The Hall–Kier alpha value is -2.63. The Kier molecular flexibility index (Phi) is 6.17. The van der Waals surface area contributed by atoms with E-state index in [-0.39, 0.29) is 5.78 Å². The van der Waals surface area contributed by atoms with Crippen LogP contribution < -0.4 is 4.90 Å². The second-order valence-electron chi connectivity index (χ2n) is 6.13. The fourth-order valence-electron chi connectivity index (χ4n) is 2.77. The maximum atomic E-state index is 12.8. The number of nitrogens with zero attached hydrogens (tertiary/aromatic N) is 1. The summed E-state index contributed by atoms with van der Waals surface area (Å²) in [5.74, 6) is -0.664. The van der Waals surface area contributed by atoms with Crippen LogP contribution in [0.5, 0.6) is 0 Å². The molecule has 0 saturated heterocycles. The summed E-state index contributed by atoms with van der Waals surface area (Å²) < 4.78 is 5.38. The molecule has 0 aliphatic heterocycles. The normalized spacial score (nSPS) is 10.4. The van der Waals surface area contributed by atoms with Crippen LogP contribution in [0.2, 0.25) is 5.02 Å². The molecular weight excluding hydrogens is 442 g/mol. The summed E-state index contributed by atoms with van der Waals surface area (Å²) in [7, 11) is 3.25. The third kappa shape index (κ3) is 4.43. The van der Waals surface area contributed by atoms with Crippen LogP contribution in [0, 0.1) is 0 Å². The highest BCUT2D eigenvalue weighted by molar-refractivity contribution is 9.10. The SMILES string of the molecule is COC(=O)c1cc(Br)cc(C(=O)c2ccc(N(C)c3ccc(Cl)cc3)cc2)c1. The Morgan fingerprint density at radius 2 is 1.39 bits per heavy atom. The third-order valence-corrected chi connectivity index (χ3v) is 5.02. The lowest BCUT2D eigenvalue weighted by Crippen LogP contribution is -2.10. The van der Waals surface area contributed by atoms with Gasteiger partial charge < -0.3 is 9.64 Å². The number of benzene rings is 3. The van der Waals surface area contributed by atoms with Crippen molar-refractivity contribution < 1.29 is 14.3 Å². The largest absolute Gasteiger partial charge is 0.465 e. The maximum absolute atomic E-state index is 12.8. The van der Waals surface area contributed by atoms with Crippen LogP contribution in [-0.4, -0.2) is 25.9 Å². The van der Waals surface area contributed by atoms with Crippen molar-refractivity contribution in [3.63, 3.8) is 0 Å². The van der Waals surface area contributed by atoms with Gasteiger partial charge in [-0.15, -0.1) is 0 Å². The highest BCUT2D eigenvalue weighted by Crippen LogP contribution is 2.26. The van der Waals surface area contributed by atoms with Gasteiger partial charge in [-0.1, -0.05) is 27.5 Å². The summed E-state index contributed by atoms with van der Waals surface area (Å²) in [5.41, 5.74) is 3.18. The molecular formula is C22H17BrClNO3. The van der Waals surface area contributed by atoms with Crippen LogP contribution in [-0.2, 0) is 4.74 Å². The average Bonchev–Trinajstić information content (AvgIpc) is 2.72. The second kappa shape index (κ2) is 8.59. The number of ketones is 1. The number of carbonyl (C=O) groups excluding carboxylic acids is 2. The Morgan fingerprint density at radius 1 is 0.857 bits per heavy atom. The third-order valence-electron chi connectivity index (χ3n) is 4.31. The highest BCUT2D eigenvalue weighted by atomic mass is 79.9. The van der Waals surface area contributed by atoms with Gasteiger partial charge in [0, 0.05) is 39.0 Å². The lowest BCUT2D eigenvalue weighted by molar-refractivity contribution is 0.0600. The van der Waals surface area contributed by atoms with Crippen molar-refractivity contribution in [2.24, 2.45) is 0 Å². The van der Waals surface area contributed by atoms with E-state index < -0.39 is 5.97 Å². The minimum absolute atomic E-state index is 0.174. The monoisotopic (exact) mass is 457 g/mol. The number of carbonyl (C=O) groups is 2. The molecule has 0 atom stereocenters. The number of anilines is 2. The molecule has 0 spiro atoms. The van der Waals surface area contributed by atoms with E-state index >= 15 is 0 Å². The summed E-state index contributed by atoms with van der Waals surface area (Å²) in [6.45, 7) is 0. The van der Waals surface area contributed by atoms with Crippen molar-refractivity contribution in [2.75, 3.05) is 19.1 Å². The molecule has 3 aromatic rings. The Balaban J connectivity index is 1.85. The quantitative estimate of drug-likeness (QED) is 0.353. The van der Waals surface area contributed by atoms with E-state index in [4.69, 9.17) is 16.3 Å². The van der Waals surface area contributed by atoms with Gasteiger partial charge >= 0.3 is 5.97 Å². The predicted molar refractivity (Wildman–Crippen MR) is 115 cm³/mol. The number of hydrogen-bond donors (Lipinski definition) is 0. The summed E-state index contributed by atoms with van der Waals surface area (Å²) in [6.07, 6.45) is 0. The molecule has 0 N–H and O–H groups in total. The van der Waals surface area contributed by atoms with Crippen LogP contribution in [0.3, 0.4) is 0 Å². The predicted octanol–water partition coefficient (Wildman–Crippen LogP) is 5.89. The van der Waals surface area contributed by atoms with Crippen molar-refractivity contribution >= 4 is 50.7 Å². The first-order chi connectivity index (χ1) is 13.4. The lowest BCUT2D eigenvalue weighted by atomic mass is 10.0. The van der Waals surface area contributed by atoms with E-state index in [1.165, 1.54) is 13.2 Å². The summed E-state index contributed by atoms with van der Waals surface area (Å²) in [5, 5.41) is 0.679. The molecule has 0 heterocycles. The van der Waals surface area contributed by atoms with E-state index in [1.807, 2.05) is 48.3 Å². The molecule has 0 fully saturated rings. The second-order valence-corrected chi connectivity index (χ2v) is 7.48. The van der Waals surface area contributed by atoms with Crippen LogP contribution in [0.4, 0.5) is 11.4 Å². The summed E-state index contributed by atoms with van der Waals surface area (Å²) in [6, 6.07) is 19.6. The van der Waals surface area contributed by atoms with Gasteiger partial charge in [0.2, 0.25) is 0 Å². The zero-order valence-electron chi connectivity index (χ0n) is 15.3. The van der Waals surface area contributed by atoms with Gasteiger partial charge in [0.1, 0.15) is 0 Å². The zero-order chi connectivity index (χ0) is 20.3. The van der Waals surface area contributed by atoms with Gasteiger partial charge in [0.15, 0.2) is 5.78 Å². The van der Waals surface area contributed by atoms with Gasteiger partial charge in [0.25, 0.3) is 0 Å². The first-order valence-electron chi connectivity index (χ1n) is 8.42. The van der Waals surface area contributed by atoms with E-state index in [0.717, 1.165) is 11.4 Å². The Bertz CT molecular complexity index is 1020. The minimum atomic E-state index is -0.490. The number of esters is 1. The molecule has 0 amide bonds. The van der Waals surface area contributed by atoms with Crippen molar-refractivity contribution in [3.05, 3.63) is 92.9 Å². The summed E-state index contributed by atoms with van der Waals surface area (Å²) >= 11 is 9.28. The molecule has 0 unspecified atom stereocenters. The molecule has 4 nitrogen and oxygen atoms in total. The number of methoxy groups -OCH3 is 1. The first-order valence-corrected chi connectivity index (χ1v) is 9.59. The van der Waals surface area contributed by atoms with Gasteiger partial charge in [-0.3, -0.25) is 4.79 Å². The van der Waals surface area contributed by atoms with Gasteiger partial charge in [-0.2, -0.15) is 0 Å². The number of ether oxygens (including phenoxy) is 1. The van der Waals surface area contributed by atoms with E-state index in [0.29, 0.717) is 26.2 Å². The molecule has 0 aliphatic carbocycles. The van der Waals surface area contributed by atoms with Crippen molar-refractivity contribution in [1.82, 2.24) is 0 Å². The molecule has 0 aliphatic rings. The van der Waals surface area contributed by atoms with Crippen molar-refractivity contribution in [1.29, 1.82) is 0 Å². The standard InChI is InChI=1S/C22H17BrClNO3/c1-25(20-9-5-18(24)6-10-20)19-7-3-14(4-8-19)21(26)15-11-16(22(27)28-2)13-17(23)12-15/h3-13H,1-2H3. The number of halogens is 2. The molecule has 0 saturated carbocycles. The average molecular weight is 459 g/mol. The molecule has 6 heteroatoms. The van der Waals surface area contributed by atoms with Crippen LogP contribution in [0.15, 0.2) is 71.2 Å². The smallest absolute Gasteiger partial charge is 0.337 e. The van der Waals surface area contributed by atoms with Gasteiger partial charge in [0.05, 0.1) is 12.7 Å². The molecule has 28 heavy (non-hydrogen) atoms. The van der Waals surface area contributed by atoms with Gasteiger partial charge in [-0.25, -0.2) is 4.79 Å².